The lowest BCUT2D eigenvalue weighted by atomic mass is 10.7. The first kappa shape index (κ1) is 7.52. The number of hydrogen-bond donors (Lipinski definition) is 1. The number of rotatable bonds is 2. The van der Waals surface area contributed by atoms with Crippen LogP contribution in [0.15, 0.2) is 12.4 Å². The van der Waals surface area contributed by atoms with Gasteiger partial charge in [0.25, 0.3) is 0 Å². The van der Waals surface area contributed by atoms with Crippen molar-refractivity contribution in [1.29, 1.82) is 0 Å². The molecule has 1 rings (SSSR count). The van der Waals surface area contributed by atoms with Crippen LogP contribution in [0.25, 0.3) is 0 Å². The molecule has 0 aliphatic carbocycles. The minimum atomic E-state index is -1.04. The molecular formula is C5H8N4O2. The molecule has 11 heavy (non-hydrogen) atoms. The lowest BCUT2D eigenvalue weighted by Crippen LogP contribution is -2.39. The average Bonchev–Trinajstić information content (AvgIpc) is 2.40. The Morgan fingerprint density at radius 2 is 2.55 bits per heavy atom. The Labute approximate surface area is 63.0 Å². The Morgan fingerprint density at radius 1 is 1.82 bits per heavy atom. The van der Waals surface area contributed by atoms with E-state index in [1.165, 1.54) is 17.2 Å². The maximum Gasteiger partial charge on any atom is 0.427 e. The van der Waals surface area contributed by atoms with Crippen LogP contribution in [-0.2, 0) is 0 Å². The SMILES string of the molecule is CCN(C(=O)O)n1ccnn1. The smallest absolute Gasteiger partial charge is 0.427 e. The number of carboxylic acid groups (broad SMARTS) is 1. The highest BCUT2D eigenvalue weighted by Crippen LogP contribution is 1.87. The van der Waals surface area contributed by atoms with Crippen LogP contribution < -0.4 is 5.01 Å². The standard InChI is InChI=1S/C5H8N4O2/c1-2-8(5(10)11)9-4-3-6-7-9/h3-4H,2H2,1H3,(H,10,11). The lowest BCUT2D eigenvalue weighted by molar-refractivity contribution is 0.193. The number of nitrogens with zero attached hydrogens (tertiary/aromatic N) is 4. The van der Waals surface area contributed by atoms with Gasteiger partial charge in [0.1, 0.15) is 0 Å². The van der Waals surface area contributed by atoms with E-state index in [0.717, 1.165) is 5.01 Å². The molecule has 0 saturated carbocycles. The van der Waals surface area contributed by atoms with E-state index in [-0.39, 0.29) is 0 Å². The second-order valence-electron chi connectivity index (χ2n) is 1.82. The maximum atomic E-state index is 10.5. The maximum absolute atomic E-state index is 10.5. The Morgan fingerprint density at radius 3 is 2.91 bits per heavy atom. The summed E-state index contributed by atoms with van der Waals surface area (Å²) in [4.78, 5) is 11.6. The molecule has 60 valence electrons. The Bertz CT molecular complexity index is 233. The Hall–Kier alpha value is -1.59. The largest absolute Gasteiger partial charge is 0.464 e. The molecular weight excluding hydrogens is 148 g/mol. The van der Waals surface area contributed by atoms with Gasteiger partial charge in [0, 0.05) is 6.54 Å². The molecule has 1 aromatic rings. The first-order valence-electron chi connectivity index (χ1n) is 3.12. The van der Waals surface area contributed by atoms with Gasteiger partial charge in [0.2, 0.25) is 0 Å². The van der Waals surface area contributed by atoms with Crippen LogP contribution in [0.3, 0.4) is 0 Å². The highest BCUT2D eigenvalue weighted by Gasteiger charge is 2.10. The van der Waals surface area contributed by atoms with Crippen LogP contribution in [0, 0.1) is 0 Å². The van der Waals surface area contributed by atoms with Crippen LogP contribution in [0.5, 0.6) is 0 Å². The summed E-state index contributed by atoms with van der Waals surface area (Å²) in [5.41, 5.74) is 0. The second-order valence-corrected chi connectivity index (χ2v) is 1.82. The molecule has 0 radical (unpaired) electrons. The van der Waals surface area contributed by atoms with Crippen molar-refractivity contribution in [1.82, 2.24) is 15.1 Å². The van der Waals surface area contributed by atoms with Crippen LogP contribution in [0.4, 0.5) is 4.79 Å². The molecule has 0 unspecified atom stereocenters. The molecule has 0 fully saturated rings. The fourth-order valence-corrected chi connectivity index (χ4v) is 0.699. The van der Waals surface area contributed by atoms with Gasteiger partial charge in [0.05, 0.1) is 12.4 Å². The van der Waals surface area contributed by atoms with Crippen LogP contribution in [0.1, 0.15) is 6.92 Å². The first-order valence-corrected chi connectivity index (χ1v) is 3.12. The van der Waals surface area contributed by atoms with Crippen LogP contribution in [0.2, 0.25) is 0 Å². The summed E-state index contributed by atoms with van der Waals surface area (Å²) in [6, 6.07) is 0. The van der Waals surface area contributed by atoms with E-state index in [4.69, 9.17) is 5.11 Å². The molecule has 0 bridgehead atoms. The lowest BCUT2D eigenvalue weighted by Gasteiger charge is -2.14. The van der Waals surface area contributed by atoms with Gasteiger partial charge in [-0.3, -0.25) is 0 Å². The van der Waals surface area contributed by atoms with Crippen LogP contribution in [-0.4, -0.2) is 32.8 Å². The molecule has 1 N–H and O–H groups in total. The van der Waals surface area contributed by atoms with E-state index in [2.05, 4.69) is 10.3 Å². The van der Waals surface area contributed by atoms with Crippen molar-refractivity contribution < 1.29 is 9.90 Å². The van der Waals surface area contributed by atoms with E-state index >= 15 is 0 Å². The predicted molar refractivity (Wildman–Crippen MR) is 36.8 cm³/mol. The molecule has 1 amide bonds. The van der Waals surface area contributed by atoms with Crippen molar-refractivity contribution in [2.75, 3.05) is 11.6 Å². The van der Waals surface area contributed by atoms with Gasteiger partial charge in [-0.05, 0) is 12.1 Å². The fraction of sp³-hybridized carbons (Fsp3) is 0.400. The van der Waals surface area contributed by atoms with E-state index in [0.29, 0.717) is 6.54 Å². The highest BCUT2D eigenvalue weighted by atomic mass is 16.4. The van der Waals surface area contributed by atoms with E-state index in [1.54, 1.807) is 6.92 Å². The van der Waals surface area contributed by atoms with Gasteiger partial charge in [-0.2, -0.15) is 9.80 Å². The minimum Gasteiger partial charge on any atom is -0.464 e. The van der Waals surface area contributed by atoms with Crippen molar-refractivity contribution in [2.45, 2.75) is 6.92 Å². The van der Waals surface area contributed by atoms with Gasteiger partial charge >= 0.3 is 6.09 Å². The molecule has 6 nitrogen and oxygen atoms in total. The zero-order chi connectivity index (χ0) is 8.27. The van der Waals surface area contributed by atoms with E-state index in [1.807, 2.05) is 0 Å². The molecule has 0 saturated heterocycles. The summed E-state index contributed by atoms with van der Waals surface area (Å²) in [5, 5.41) is 16.6. The zero-order valence-corrected chi connectivity index (χ0v) is 6.01. The van der Waals surface area contributed by atoms with Gasteiger partial charge in [-0.15, -0.1) is 5.10 Å². The zero-order valence-electron chi connectivity index (χ0n) is 6.01. The van der Waals surface area contributed by atoms with Crippen molar-refractivity contribution in [3.8, 4) is 0 Å². The molecule has 1 aromatic heterocycles. The second kappa shape index (κ2) is 3.00. The van der Waals surface area contributed by atoms with Gasteiger partial charge in [-0.25, -0.2) is 4.79 Å². The summed E-state index contributed by atoms with van der Waals surface area (Å²) in [6.45, 7) is 2.06. The number of amides is 1. The van der Waals surface area contributed by atoms with Crippen molar-refractivity contribution in [3.63, 3.8) is 0 Å². The fourth-order valence-electron chi connectivity index (χ4n) is 0.699. The van der Waals surface area contributed by atoms with Gasteiger partial charge < -0.3 is 5.11 Å². The summed E-state index contributed by atoms with van der Waals surface area (Å²) in [5.74, 6) is 0. The predicted octanol–water partition coefficient (Wildman–Crippen LogP) is -0.0860. The van der Waals surface area contributed by atoms with Gasteiger partial charge in [0.15, 0.2) is 0 Å². The summed E-state index contributed by atoms with van der Waals surface area (Å²) in [7, 11) is 0. The molecule has 1 heterocycles. The Balaban J connectivity index is 2.79. The van der Waals surface area contributed by atoms with Crippen molar-refractivity contribution in [2.24, 2.45) is 0 Å². The minimum absolute atomic E-state index is 0.346. The van der Waals surface area contributed by atoms with E-state index < -0.39 is 6.09 Å². The summed E-state index contributed by atoms with van der Waals surface area (Å²) < 4.78 is 0. The number of hydrogen-bond acceptors (Lipinski definition) is 3. The molecule has 0 aliphatic rings. The summed E-state index contributed by atoms with van der Waals surface area (Å²) >= 11 is 0. The molecule has 6 heteroatoms. The number of aromatic nitrogens is 3. The molecule has 0 aliphatic heterocycles. The third-order valence-electron chi connectivity index (χ3n) is 1.18. The Kier molecular flexibility index (Phi) is 2.05. The first-order chi connectivity index (χ1) is 5.25. The number of carbonyl (C=O) groups is 1. The highest BCUT2D eigenvalue weighted by molar-refractivity contribution is 5.75. The van der Waals surface area contributed by atoms with E-state index in [9.17, 15) is 4.79 Å². The van der Waals surface area contributed by atoms with Crippen molar-refractivity contribution in [3.05, 3.63) is 12.4 Å². The molecule has 0 atom stereocenters. The van der Waals surface area contributed by atoms with Gasteiger partial charge in [-0.1, -0.05) is 0 Å². The monoisotopic (exact) mass is 156 g/mol. The van der Waals surface area contributed by atoms with Crippen LogP contribution >= 0.6 is 0 Å². The molecule has 0 spiro atoms. The topological polar surface area (TPSA) is 71.2 Å². The summed E-state index contributed by atoms with van der Waals surface area (Å²) in [6.07, 6.45) is 1.85. The quantitative estimate of drug-likeness (QED) is 0.649. The average molecular weight is 156 g/mol. The van der Waals surface area contributed by atoms with Crippen molar-refractivity contribution >= 4 is 6.09 Å². The normalized spacial score (nSPS) is 9.55. The third kappa shape index (κ3) is 1.46. The third-order valence-corrected chi connectivity index (χ3v) is 1.18. The molecule has 0 aromatic carbocycles.